The molecule has 2 aromatic rings. The zero-order chi connectivity index (χ0) is 23.7. The van der Waals surface area contributed by atoms with E-state index in [9.17, 15) is 14.4 Å². The van der Waals surface area contributed by atoms with Gasteiger partial charge in [-0.2, -0.15) is 0 Å². The van der Waals surface area contributed by atoms with Gasteiger partial charge in [0.1, 0.15) is 12.1 Å². The molecule has 0 unspecified atom stereocenters. The zero-order valence-corrected chi connectivity index (χ0v) is 18.9. The molecule has 11 nitrogen and oxygen atoms in total. The van der Waals surface area contributed by atoms with Crippen LogP contribution >= 0.6 is 0 Å². The number of hydrogen-bond donors (Lipinski definition) is 1. The molecule has 0 saturated carbocycles. The molecule has 11 heteroatoms. The molecule has 3 aliphatic heterocycles. The molecule has 1 aromatic heterocycles. The van der Waals surface area contributed by atoms with Crippen molar-refractivity contribution in [2.45, 2.75) is 18.9 Å². The normalized spacial score (nSPS) is 22.4. The monoisotopic (exact) mass is 466 g/mol. The zero-order valence-electron chi connectivity index (χ0n) is 18.9. The number of amides is 4. The highest BCUT2D eigenvalue weighted by Crippen LogP contribution is 2.36. The largest absolute Gasteiger partial charge is 0.490 e. The minimum Gasteiger partial charge on any atom is -0.490 e. The van der Waals surface area contributed by atoms with Gasteiger partial charge < -0.3 is 24.6 Å². The van der Waals surface area contributed by atoms with Crippen LogP contribution in [-0.4, -0.2) is 83.6 Å². The van der Waals surface area contributed by atoms with Crippen molar-refractivity contribution in [1.29, 1.82) is 0 Å². The molecule has 5 rings (SSSR count). The molecule has 0 radical (unpaired) electrons. The SMILES string of the molecule is C[C@@]1(c2ccc3c(c2)OCCCO3)NC(=O)N(CC(=O)N2CCN(c3ncccn3)CC2)C1=O. The van der Waals surface area contributed by atoms with Crippen LogP contribution < -0.4 is 19.7 Å². The molecule has 1 N–H and O–H groups in total. The number of ether oxygens (including phenoxy) is 2. The van der Waals surface area contributed by atoms with E-state index in [1.54, 1.807) is 48.5 Å². The van der Waals surface area contributed by atoms with E-state index in [-0.39, 0.29) is 12.5 Å². The molecule has 1 atom stereocenters. The number of carbonyl (C=O) groups is 3. The number of imide groups is 1. The van der Waals surface area contributed by atoms with Crippen molar-refractivity contribution in [3.63, 3.8) is 0 Å². The van der Waals surface area contributed by atoms with E-state index in [0.717, 1.165) is 11.3 Å². The van der Waals surface area contributed by atoms with E-state index in [4.69, 9.17) is 9.47 Å². The van der Waals surface area contributed by atoms with Crippen molar-refractivity contribution in [2.24, 2.45) is 0 Å². The maximum Gasteiger partial charge on any atom is 0.325 e. The highest BCUT2D eigenvalue weighted by Gasteiger charge is 2.50. The highest BCUT2D eigenvalue weighted by molar-refractivity contribution is 6.09. The summed E-state index contributed by atoms with van der Waals surface area (Å²) in [6.45, 7) is 4.46. The van der Waals surface area contributed by atoms with Crippen LogP contribution in [0.5, 0.6) is 11.5 Å². The van der Waals surface area contributed by atoms with Gasteiger partial charge in [0.2, 0.25) is 11.9 Å². The lowest BCUT2D eigenvalue weighted by atomic mass is 9.91. The summed E-state index contributed by atoms with van der Waals surface area (Å²) in [5.41, 5.74) is -0.729. The molecular formula is C23H26N6O5. The Hall–Kier alpha value is -3.89. The van der Waals surface area contributed by atoms with Gasteiger partial charge >= 0.3 is 6.03 Å². The number of carbonyl (C=O) groups excluding carboxylic acids is 3. The first-order valence-corrected chi connectivity index (χ1v) is 11.3. The first-order valence-electron chi connectivity index (χ1n) is 11.3. The second-order valence-electron chi connectivity index (χ2n) is 8.58. The number of fused-ring (bicyclic) bond motifs is 1. The Labute approximate surface area is 196 Å². The van der Waals surface area contributed by atoms with Crippen molar-refractivity contribution in [3.05, 3.63) is 42.2 Å². The number of aromatic nitrogens is 2. The molecule has 4 amide bonds. The summed E-state index contributed by atoms with van der Waals surface area (Å²) in [6, 6.07) is 6.35. The first kappa shape index (κ1) is 21.9. The van der Waals surface area contributed by atoms with Gasteiger partial charge in [-0.05, 0) is 30.7 Å². The topological polar surface area (TPSA) is 117 Å². The second kappa shape index (κ2) is 8.81. The lowest BCUT2D eigenvalue weighted by Gasteiger charge is -2.35. The summed E-state index contributed by atoms with van der Waals surface area (Å²) in [6.07, 6.45) is 4.12. The number of nitrogens with one attached hydrogen (secondary N) is 1. The van der Waals surface area contributed by atoms with Crippen LogP contribution in [0.1, 0.15) is 18.9 Å². The Morgan fingerprint density at radius 2 is 1.76 bits per heavy atom. The number of rotatable bonds is 4. The van der Waals surface area contributed by atoms with Crippen molar-refractivity contribution >= 4 is 23.8 Å². The van der Waals surface area contributed by atoms with E-state index < -0.39 is 17.5 Å². The molecule has 34 heavy (non-hydrogen) atoms. The Bertz CT molecular complexity index is 1100. The maximum atomic E-state index is 13.3. The molecule has 178 valence electrons. The summed E-state index contributed by atoms with van der Waals surface area (Å²) < 4.78 is 11.4. The number of benzene rings is 1. The third-order valence-corrected chi connectivity index (χ3v) is 6.36. The Morgan fingerprint density at radius 3 is 2.50 bits per heavy atom. The molecular weight excluding hydrogens is 440 g/mol. The fourth-order valence-corrected chi connectivity index (χ4v) is 4.36. The lowest BCUT2D eigenvalue weighted by molar-refractivity contribution is -0.139. The number of nitrogens with zero attached hydrogens (tertiary/aromatic N) is 5. The van der Waals surface area contributed by atoms with Crippen LogP contribution in [0.25, 0.3) is 0 Å². The average molecular weight is 466 g/mol. The fourth-order valence-electron chi connectivity index (χ4n) is 4.36. The summed E-state index contributed by atoms with van der Waals surface area (Å²) >= 11 is 0. The van der Waals surface area contributed by atoms with E-state index in [0.29, 0.717) is 62.4 Å². The van der Waals surface area contributed by atoms with Crippen molar-refractivity contribution in [3.8, 4) is 11.5 Å². The van der Waals surface area contributed by atoms with Gasteiger partial charge in [0.15, 0.2) is 11.5 Å². The third-order valence-electron chi connectivity index (χ3n) is 6.36. The van der Waals surface area contributed by atoms with Gasteiger partial charge in [0.05, 0.1) is 13.2 Å². The molecule has 0 aliphatic carbocycles. The van der Waals surface area contributed by atoms with Crippen LogP contribution in [0.3, 0.4) is 0 Å². The Morgan fingerprint density at radius 1 is 1.06 bits per heavy atom. The van der Waals surface area contributed by atoms with Gasteiger partial charge in [-0.15, -0.1) is 0 Å². The van der Waals surface area contributed by atoms with Crippen LogP contribution in [0.2, 0.25) is 0 Å². The highest BCUT2D eigenvalue weighted by atomic mass is 16.5. The molecule has 1 aromatic carbocycles. The molecule has 2 fully saturated rings. The molecule has 3 aliphatic rings. The maximum absolute atomic E-state index is 13.3. The van der Waals surface area contributed by atoms with Crippen molar-refractivity contribution in [1.82, 2.24) is 25.1 Å². The van der Waals surface area contributed by atoms with Crippen LogP contribution in [-0.2, 0) is 15.1 Å². The van der Waals surface area contributed by atoms with E-state index in [1.807, 2.05) is 4.90 Å². The van der Waals surface area contributed by atoms with E-state index >= 15 is 0 Å². The number of urea groups is 1. The van der Waals surface area contributed by atoms with Gasteiger partial charge in [0, 0.05) is 45.0 Å². The Kier molecular flexibility index (Phi) is 5.68. The summed E-state index contributed by atoms with van der Waals surface area (Å²) in [5, 5.41) is 2.75. The van der Waals surface area contributed by atoms with Gasteiger partial charge in [-0.25, -0.2) is 14.8 Å². The summed E-state index contributed by atoms with van der Waals surface area (Å²) in [5.74, 6) is 1.01. The quantitative estimate of drug-likeness (QED) is 0.657. The van der Waals surface area contributed by atoms with E-state index in [2.05, 4.69) is 15.3 Å². The predicted molar refractivity (Wildman–Crippen MR) is 120 cm³/mol. The standard InChI is InChI=1S/C23H26N6O5/c1-23(16-4-5-17-18(14-16)34-13-3-12-33-17)20(31)29(22(32)26-23)15-19(30)27-8-10-28(11-9-27)21-24-6-2-7-25-21/h2,4-7,14H,3,8-13,15H2,1H3,(H,26,32)/t23-/m0/s1. The van der Waals surface area contributed by atoms with Crippen molar-refractivity contribution < 1.29 is 23.9 Å². The van der Waals surface area contributed by atoms with E-state index in [1.165, 1.54) is 0 Å². The van der Waals surface area contributed by atoms with Gasteiger partial charge in [-0.1, -0.05) is 6.07 Å². The van der Waals surface area contributed by atoms with Gasteiger partial charge in [-0.3, -0.25) is 14.5 Å². The van der Waals surface area contributed by atoms with Crippen LogP contribution in [0, 0.1) is 0 Å². The molecule has 4 heterocycles. The minimum absolute atomic E-state index is 0.278. The minimum atomic E-state index is -1.30. The van der Waals surface area contributed by atoms with Crippen LogP contribution in [0.15, 0.2) is 36.7 Å². The lowest BCUT2D eigenvalue weighted by Crippen LogP contribution is -2.52. The summed E-state index contributed by atoms with van der Waals surface area (Å²) in [7, 11) is 0. The smallest absolute Gasteiger partial charge is 0.325 e. The second-order valence-corrected chi connectivity index (χ2v) is 8.58. The Balaban J connectivity index is 1.25. The first-order chi connectivity index (χ1) is 16.5. The predicted octanol–water partition coefficient (Wildman–Crippen LogP) is 0.754. The third kappa shape index (κ3) is 3.97. The van der Waals surface area contributed by atoms with Crippen molar-refractivity contribution in [2.75, 3.05) is 50.8 Å². The molecule has 0 bridgehead atoms. The fraction of sp³-hybridized carbons (Fsp3) is 0.435. The number of piperazine rings is 1. The summed E-state index contributed by atoms with van der Waals surface area (Å²) in [4.78, 5) is 52.1. The average Bonchev–Trinajstić information content (AvgIpc) is 3.02. The van der Waals surface area contributed by atoms with Crippen LogP contribution in [0.4, 0.5) is 10.7 Å². The molecule has 0 spiro atoms. The number of hydrogen-bond acceptors (Lipinski definition) is 8. The molecule has 2 saturated heterocycles. The van der Waals surface area contributed by atoms with Gasteiger partial charge in [0.25, 0.3) is 5.91 Å². The number of anilines is 1.